The van der Waals surface area contributed by atoms with Gasteiger partial charge in [0.1, 0.15) is 5.69 Å². The highest BCUT2D eigenvalue weighted by Crippen LogP contribution is 2.39. The van der Waals surface area contributed by atoms with Gasteiger partial charge < -0.3 is 5.32 Å². The van der Waals surface area contributed by atoms with E-state index in [4.69, 9.17) is 11.6 Å². The summed E-state index contributed by atoms with van der Waals surface area (Å²) < 4.78 is 0. The topological polar surface area (TPSA) is 92.6 Å². The highest BCUT2D eigenvalue weighted by atomic mass is 35.5. The molecule has 0 aromatic heterocycles. The fourth-order valence-electron chi connectivity index (χ4n) is 4.01. The van der Waals surface area contributed by atoms with Crippen molar-refractivity contribution in [2.75, 3.05) is 16.8 Å². The van der Waals surface area contributed by atoms with Crippen LogP contribution in [0, 0.1) is 22.0 Å². The van der Waals surface area contributed by atoms with Gasteiger partial charge in [-0.25, -0.2) is 4.90 Å². The van der Waals surface area contributed by atoms with E-state index in [0.29, 0.717) is 36.5 Å². The molecule has 1 aliphatic carbocycles. The number of nitrogens with one attached hydrogen (secondary N) is 1. The molecule has 1 heterocycles. The number of carbonyl (C=O) groups excluding carboxylic acids is 2. The van der Waals surface area contributed by atoms with E-state index < -0.39 is 4.92 Å². The lowest BCUT2D eigenvalue weighted by atomic mass is 9.85. The van der Waals surface area contributed by atoms with Gasteiger partial charge in [0.05, 0.1) is 22.4 Å². The molecule has 30 heavy (non-hydrogen) atoms. The standard InChI is InChI=1S/C22H20ClN3O4/c23-15-7-5-14(6-8-15)11-12-24-19-10-9-16(13-20(19)26(29)30)25-21(27)17-3-1-2-4-18(17)22(25)28/h1-2,5-10,13,17-18,24H,3-4,11-12H2/t17-,18+. The molecule has 2 atom stereocenters. The van der Waals surface area contributed by atoms with Crippen molar-refractivity contribution in [1.29, 1.82) is 0 Å². The monoisotopic (exact) mass is 425 g/mol. The van der Waals surface area contributed by atoms with Crippen LogP contribution in [0.15, 0.2) is 54.6 Å². The van der Waals surface area contributed by atoms with Crippen LogP contribution < -0.4 is 10.2 Å². The van der Waals surface area contributed by atoms with Gasteiger partial charge in [0.25, 0.3) is 5.69 Å². The average Bonchev–Trinajstić information content (AvgIpc) is 3.00. The summed E-state index contributed by atoms with van der Waals surface area (Å²) in [5.74, 6) is -1.32. The van der Waals surface area contributed by atoms with E-state index in [1.807, 2.05) is 24.3 Å². The van der Waals surface area contributed by atoms with E-state index in [1.165, 1.54) is 6.07 Å². The molecule has 1 saturated heterocycles. The number of nitro groups is 1. The van der Waals surface area contributed by atoms with Gasteiger partial charge in [-0.2, -0.15) is 0 Å². The Morgan fingerprint density at radius 1 is 1.03 bits per heavy atom. The van der Waals surface area contributed by atoms with Crippen LogP contribution in [0.2, 0.25) is 5.02 Å². The number of amides is 2. The molecule has 2 aliphatic rings. The van der Waals surface area contributed by atoms with Crippen LogP contribution >= 0.6 is 11.6 Å². The predicted octanol–water partition coefficient (Wildman–Crippen LogP) is 4.36. The Morgan fingerprint density at radius 3 is 2.27 bits per heavy atom. The van der Waals surface area contributed by atoms with Crippen molar-refractivity contribution in [3.8, 4) is 0 Å². The van der Waals surface area contributed by atoms with Crippen molar-refractivity contribution < 1.29 is 14.5 Å². The van der Waals surface area contributed by atoms with E-state index in [1.54, 1.807) is 24.3 Å². The maximum absolute atomic E-state index is 12.7. The third-order valence-corrected chi connectivity index (χ3v) is 5.84. The van der Waals surface area contributed by atoms with Gasteiger partial charge >= 0.3 is 0 Å². The molecule has 0 saturated carbocycles. The van der Waals surface area contributed by atoms with E-state index in [9.17, 15) is 19.7 Å². The zero-order valence-electron chi connectivity index (χ0n) is 16.1. The van der Waals surface area contributed by atoms with Gasteiger partial charge in [0.2, 0.25) is 11.8 Å². The van der Waals surface area contributed by atoms with Crippen molar-refractivity contribution >= 4 is 40.5 Å². The number of nitro benzene ring substituents is 1. The predicted molar refractivity (Wildman–Crippen MR) is 115 cm³/mol. The molecule has 7 nitrogen and oxygen atoms in total. The molecule has 0 bridgehead atoms. The Morgan fingerprint density at radius 2 is 1.67 bits per heavy atom. The molecule has 1 fully saturated rings. The fraction of sp³-hybridized carbons (Fsp3) is 0.273. The minimum absolute atomic E-state index is 0.169. The molecule has 4 rings (SSSR count). The Labute approximate surface area is 178 Å². The van der Waals surface area contributed by atoms with E-state index >= 15 is 0 Å². The van der Waals surface area contributed by atoms with Crippen molar-refractivity contribution in [1.82, 2.24) is 0 Å². The normalized spacial score (nSPS) is 20.4. The molecule has 0 spiro atoms. The van der Waals surface area contributed by atoms with Crippen LogP contribution in [0.5, 0.6) is 0 Å². The molecule has 2 aromatic carbocycles. The molecule has 0 unspecified atom stereocenters. The molecule has 8 heteroatoms. The lowest BCUT2D eigenvalue weighted by Crippen LogP contribution is -2.30. The number of anilines is 2. The number of imide groups is 1. The van der Waals surface area contributed by atoms with Crippen LogP contribution in [0.1, 0.15) is 18.4 Å². The largest absolute Gasteiger partial charge is 0.379 e. The number of allylic oxidation sites excluding steroid dienone is 2. The Bertz CT molecular complexity index is 1010. The Balaban J connectivity index is 1.52. The van der Waals surface area contributed by atoms with E-state index in [2.05, 4.69) is 5.32 Å². The summed E-state index contributed by atoms with van der Waals surface area (Å²) in [5.41, 5.74) is 1.47. The second kappa shape index (κ2) is 8.28. The first-order chi connectivity index (χ1) is 14.5. The number of hydrogen-bond donors (Lipinski definition) is 1. The highest BCUT2D eigenvalue weighted by molar-refractivity contribution is 6.30. The van der Waals surface area contributed by atoms with Gasteiger partial charge in [-0.05, 0) is 49.1 Å². The number of hydrogen-bond acceptors (Lipinski definition) is 5. The third-order valence-electron chi connectivity index (χ3n) is 5.59. The van der Waals surface area contributed by atoms with Crippen LogP contribution in [-0.2, 0) is 16.0 Å². The van der Waals surface area contributed by atoms with Crippen molar-refractivity contribution in [2.24, 2.45) is 11.8 Å². The van der Waals surface area contributed by atoms with E-state index in [-0.39, 0.29) is 35.0 Å². The number of fused-ring (bicyclic) bond motifs is 1. The molecular formula is C22H20ClN3O4. The summed E-state index contributed by atoms with van der Waals surface area (Å²) in [6.07, 6.45) is 5.53. The quantitative estimate of drug-likeness (QED) is 0.321. The molecule has 2 aromatic rings. The first kappa shape index (κ1) is 20.1. The molecule has 2 amide bonds. The van der Waals surface area contributed by atoms with Crippen molar-refractivity contribution in [2.45, 2.75) is 19.3 Å². The van der Waals surface area contributed by atoms with Crippen molar-refractivity contribution in [3.63, 3.8) is 0 Å². The molecule has 0 radical (unpaired) electrons. The first-order valence-electron chi connectivity index (χ1n) is 9.75. The SMILES string of the molecule is O=C1[C@H]2CC=CC[C@H]2C(=O)N1c1ccc(NCCc2ccc(Cl)cc2)c([N+](=O)[O-])c1. The maximum atomic E-state index is 12.7. The lowest BCUT2D eigenvalue weighted by Gasteiger charge is -2.16. The van der Waals surface area contributed by atoms with Crippen LogP contribution in [0.3, 0.4) is 0 Å². The van der Waals surface area contributed by atoms with Gasteiger partial charge in [-0.15, -0.1) is 0 Å². The summed E-state index contributed by atoms with van der Waals surface area (Å²) in [5, 5.41) is 15.4. The first-order valence-corrected chi connectivity index (χ1v) is 10.1. The molecule has 1 aliphatic heterocycles. The summed E-state index contributed by atoms with van der Waals surface area (Å²) in [4.78, 5) is 37.7. The zero-order chi connectivity index (χ0) is 21.3. The number of carbonyl (C=O) groups is 2. The average molecular weight is 426 g/mol. The van der Waals surface area contributed by atoms with Gasteiger partial charge in [0, 0.05) is 17.6 Å². The number of nitrogens with zero attached hydrogens (tertiary/aromatic N) is 2. The lowest BCUT2D eigenvalue weighted by molar-refractivity contribution is -0.383. The van der Waals surface area contributed by atoms with E-state index in [0.717, 1.165) is 10.5 Å². The Hall–Kier alpha value is -3.19. The summed E-state index contributed by atoms with van der Waals surface area (Å²) in [6, 6.07) is 11.8. The number of rotatable bonds is 6. The van der Waals surface area contributed by atoms with Crippen LogP contribution in [0.4, 0.5) is 17.1 Å². The number of benzene rings is 2. The Kier molecular flexibility index (Phi) is 5.55. The minimum Gasteiger partial charge on any atom is -0.379 e. The minimum atomic E-state index is -0.506. The fourth-order valence-corrected chi connectivity index (χ4v) is 4.13. The molecular weight excluding hydrogens is 406 g/mol. The summed E-state index contributed by atoms with van der Waals surface area (Å²) >= 11 is 5.88. The maximum Gasteiger partial charge on any atom is 0.294 e. The molecule has 1 N–H and O–H groups in total. The van der Waals surface area contributed by atoms with Gasteiger partial charge in [-0.3, -0.25) is 19.7 Å². The summed E-state index contributed by atoms with van der Waals surface area (Å²) in [7, 11) is 0. The number of halogens is 1. The molecule has 154 valence electrons. The summed E-state index contributed by atoms with van der Waals surface area (Å²) in [6.45, 7) is 0.485. The van der Waals surface area contributed by atoms with Gasteiger partial charge in [0.15, 0.2) is 0 Å². The zero-order valence-corrected chi connectivity index (χ0v) is 16.8. The highest BCUT2D eigenvalue weighted by Gasteiger charge is 2.48. The second-order valence-electron chi connectivity index (χ2n) is 7.43. The van der Waals surface area contributed by atoms with Crippen LogP contribution in [-0.4, -0.2) is 23.3 Å². The van der Waals surface area contributed by atoms with Crippen molar-refractivity contribution in [3.05, 3.63) is 75.3 Å². The third kappa shape index (κ3) is 3.80. The van der Waals surface area contributed by atoms with Crippen LogP contribution in [0.25, 0.3) is 0 Å². The van der Waals surface area contributed by atoms with Gasteiger partial charge in [-0.1, -0.05) is 35.9 Å². The second-order valence-corrected chi connectivity index (χ2v) is 7.87. The smallest absolute Gasteiger partial charge is 0.294 e.